The van der Waals surface area contributed by atoms with Gasteiger partial charge in [-0.1, -0.05) is 36.4 Å². The standard InChI is InChI=1S/C9H11N3S2.C6H6.C4H9N.C2H2.CH2O/c1-5-8(14-6(2)11-5)7-4-13-9(10-3)12-7;1-2-4-6-5-3-1;1-2-4-5-3-1;2*1-2/h4H,1-3H3,(H,10,12);1-6H;5H,1-4H2;1-2H;1H2. The van der Waals surface area contributed by atoms with E-state index in [0.717, 1.165) is 21.5 Å². The smallest absolute Gasteiger partial charge is 0.182 e. The Labute approximate surface area is 182 Å². The zero-order valence-electron chi connectivity index (χ0n) is 17.4. The van der Waals surface area contributed by atoms with Crippen molar-refractivity contribution in [3.63, 3.8) is 0 Å². The Morgan fingerprint density at radius 3 is 1.83 bits per heavy atom. The van der Waals surface area contributed by atoms with Gasteiger partial charge in [0.2, 0.25) is 0 Å². The summed E-state index contributed by atoms with van der Waals surface area (Å²) in [6, 6.07) is 12.0. The van der Waals surface area contributed by atoms with Crippen molar-refractivity contribution >= 4 is 34.6 Å². The number of aryl methyl sites for hydroxylation is 2. The summed E-state index contributed by atoms with van der Waals surface area (Å²) in [6.07, 6.45) is 10.8. The van der Waals surface area contributed by atoms with Crippen molar-refractivity contribution in [2.75, 3.05) is 25.5 Å². The molecule has 7 heteroatoms. The molecule has 1 aromatic carbocycles. The number of carbonyl (C=O) groups is 1. The van der Waals surface area contributed by atoms with E-state index in [1.165, 1.54) is 30.8 Å². The van der Waals surface area contributed by atoms with Crippen LogP contribution in [0.3, 0.4) is 0 Å². The van der Waals surface area contributed by atoms with Crippen LogP contribution in [0.4, 0.5) is 5.13 Å². The fourth-order valence-electron chi connectivity index (χ4n) is 2.27. The van der Waals surface area contributed by atoms with Crippen molar-refractivity contribution in [3.8, 4) is 23.4 Å². The maximum Gasteiger partial charge on any atom is 0.182 e. The van der Waals surface area contributed by atoms with E-state index in [0.29, 0.717) is 0 Å². The molecule has 4 rings (SSSR count). The van der Waals surface area contributed by atoms with Crippen molar-refractivity contribution in [3.05, 3.63) is 52.5 Å². The number of terminal acetylenes is 1. The predicted molar refractivity (Wildman–Crippen MR) is 128 cm³/mol. The number of rotatable bonds is 2. The number of thiazole rings is 2. The van der Waals surface area contributed by atoms with E-state index < -0.39 is 0 Å². The quantitative estimate of drug-likeness (QED) is 0.557. The van der Waals surface area contributed by atoms with Crippen LogP contribution in [0.15, 0.2) is 41.8 Å². The van der Waals surface area contributed by atoms with Crippen LogP contribution in [0.2, 0.25) is 0 Å². The first-order valence-corrected chi connectivity index (χ1v) is 10.8. The highest BCUT2D eigenvalue weighted by Crippen LogP contribution is 2.31. The SMILES string of the molecule is C#C.C1CCNC1.C=O.CNc1nc(-c2sc(C)nc2C)cs1.c1ccccc1. The Kier molecular flexibility index (Phi) is 16.0. The Morgan fingerprint density at radius 2 is 1.52 bits per heavy atom. The molecule has 156 valence electrons. The molecule has 3 aromatic rings. The van der Waals surface area contributed by atoms with Gasteiger partial charge in [0.15, 0.2) is 5.13 Å². The van der Waals surface area contributed by atoms with Crippen LogP contribution in [-0.2, 0) is 4.79 Å². The molecule has 0 saturated carbocycles. The van der Waals surface area contributed by atoms with Crippen molar-refractivity contribution in [1.29, 1.82) is 0 Å². The van der Waals surface area contributed by atoms with E-state index in [9.17, 15) is 0 Å². The molecule has 3 heterocycles. The minimum atomic E-state index is 0.949. The molecule has 0 unspecified atom stereocenters. The number of hydrogen-bond acceptors (Lipinski definition) is 7. The van der Waals surface area contributed by atoms with Gasteiger partial charge in [-0.15, -0.1) is 35.5 Å². The van der Waals surface area contributed by atoms with E-state index in [1.54, 1.807) is 22.7 Å². The molecular formula is C22H30N4OS2. The number of benzene rings is 1. The summed E-state index contributed by atoms with van der Waals surface area (Å²) >= 11 is 3.32. The molecule has 0 radical (unpaired) electrons. The molecule has 2 N–H and O–H groups in total. The minimum Gasteiger partial charge on any atom is -0.365 e. The Morgan fingerprint density at radius 1 is 1.00 bits per heavy atom. The Hall–Kier alpha value is -2.53. The van der Waals surface area contributed by atoms with Crippen LogP contribution in [-0.4, -0.2) is 36.9 Å². The zero-order chi connectivity index (χ0) is 21.9. The van der Waals surface area contributed by atoms with E-state index in [1.807, 2.05) is 64.1 Å². The van der Waals surface area contributed by atoms with Gasteiger partial charge in [-0.05, 0) is 39.8 Å². The average Bonchev–Trinajstić information content (AvgIpc) is 3.56. The highest BCUT2D eigenvalue weighted by atomic mass is 32.1. The molecular weight excluding hydrogens is 400 g/mol. The van der Waals surface area contributed by atoms with Gasteiger partial charge in [-0.3, -0.25) is 0 Å². The lowest BCUT2D eigenvalue weighted by atomic mass is 10.3. The fraction of sp³-hybridized carbons (Fsp3) is 0.318. The number of carbonyl (C=O) groups excluding carboxylic acids is 1. The highest BCUT2D eigenvalue weighted by Gasteiger charge is 2.10. The molecule has 0 aliphatic carbocycles. The van der Waals surface area contributed by atoms with Gasteiger partial charge in [0.25, 0.3) is 0 Å². The number of nitrogens with zero attached hydrogens (tertiary/aromatic N) is 2. The third-order valence-electron chi connectivity index (χ3n) is 3.48. The molecule has 0 atom stereocenters. The van der Waals surface area contributed by atoms with Gasteiger partial charge in [0.1, 0.15) is 6.79 Å². The lowest BCUT2D eigenvalue weighted by Gasteiger charge is -1.91. The highest BCUT2D eigenvalue weighted by molar-refractivity contribution is 7.16. The van der Waals surface area contributed by atoms with Crippen molar-refractivity contribution in [1.82, 2.24) is 15.3 Å². The van der Waals surface area contributed by atoms with E-state index in [4.69, 9.17) is 4.79 Å². The molecule has 1 fully saturated rings. The summed E-state index contributed by atoms with van der Waals surface area (Å²) in [6.45, 7) is 8.55. The summed E-state index contributed by atoms with van der Waals surface area (Å²) in [5.74, 6) is 0. The van der Waals surface area contributed by atoms with Gasteiger partial charge >= 0.3 is 0 Å². The first-order valence-electron chi connectivity index (χ1n) is 9.11. The van der Waals surface area contributed by atoms with Crippen LogP contribution >= 0.6 is 22.7 Å². The van der Waals surface area contributed by atoms with Gasteiger partial charge in [-0.2, -0.15) is 0 Å². The summed E-state index contributed by atoms with van der Waals surface area (Å²) in [5.41, 5.74) is 2.10. The van der Waals surface area contributed by atoms with Crippen LogP contribution in [0.25, 0.3) is 10.6 Å². The number of anilines is 1. The number of aromatic nitrogens is 2. The van der Waals surface area contributed by atoms with E-state index in [-0.39, 0.29) is 0 Å². The first-order chi connectivity index (χ1) is 14.2. The lowest BCUT2D eigenvalue weighted by molar-refractivity contribution is -0.0979. The number of nitrogens with one attached hydrogen (secondary N) is 2. The largest absolute Gasteiger partial charge is 0.365 e. The normalized spacial score (nSPS) is 11.1. The lowest BCUT2D eigenvalue weighted by Crippen LogP contribution is -2.03. The summed E-state index contributed by atoms with van der Waals surface area (Å²) in [5, 5.41) is 10.4. The molecule has 0 bridgehead atoms. The average molecular weight is 431 g/mol. The van der Waals surface area contributed by atoms with E-state index in [2.05, 4.69) is 38.8 Å². The molecule has 1 aliphatic heterocycles. The van der Waals surface area contributed by atoms with Crippen LogP contribution in [0.5, 0.6) is 0 Å². The maximum absolute atomic E-state index is 8.00. The number of hydrogen-bond donors (Lipinski definition) is 2. The Balaban J connectivity index is 0.000000432. The monoisotopic (exact) mass is 430 g/mol. The van der Waals surface area contributed by atoms with Gasteiger partial charge in [0, 0.05) is 12.4 Å². The molecule has 1 aliphatic rings. The second-order valence-corrected chi connectivity index (χ2v) is 7.61. The van der Waals surface area contributed by atoms with Crippen LogP contribution in [0.1, 0.15) is 23.5 Å². The molecule has 2 aromatic heterocycles. The van der Waals surface area contributed by atoms with Crippen LogP contribution < -0.4 is 10.6 Å². The van der Waals surface area contributed by atoms with Gasteiger partial charge in [-0.25, -0.2) is 9.97 Å². The molecule has 0 spiro atoms. The Bertz CT molecular complexity index is 746. The molecule has 0 amide bonds. The third-order valence-corrected chi connectivity index (χ3v) is 5.43. The molecule has 5 nitrogen and oxygen atoms in total. The van der Waals surface area contributed by atoms with Gasteiger partial charge in [0.05, 0.1) is 21.3 Å². The summed E-state index contributed by atoms with van der Waals surface area (Å²) in [4.78, 5) is 18.0. The van der Waals surface area contributed by atoms with Gasteiger partial charge < -0.3 is 15.4 Å². The molecule has 1 saturated heterocycles. The fourth-order valence-corrected chi connectivity index (χ4v) is 3.89. The first kappa shape index (κ1) is 26.5. The van der Waals surface area contributed by atoms with Crippen LogP contribution in [0, 0.1) is 26.7 Å². The third kappa shape index (κ3) is 11.2. The minimum absolute atomic E-state index is 0.949. The van der Waals surface area contributed by atoms with E-state index >= 15 is 0 Å². The zero-order valence-corrected chi connectivity index (χ0v) is 19.0. The van der Waals surface area contributed by atoms with Crippen molar-refractivity contribution in [2.24, 2.45) is 0 Å². The topological polar surface area (TPSA) is 66.9 Å². The second kappa shape index (κ2) is 17.6. The summed E-state index contributed by atoms with van der Waals surface area (Å²) < 4.78 is 0. The second-order valence-electron chi connectivity index (χ2n) is 5.55. The molecule has 29 heavy (non-hydrogen) atoms. The predicted octanol–water partition coefficient (Wildman–Crippen LogP) is 5.05. The summed E-state index contributed by atoms with van der Waals surface area (Å²) in [7, 11) is 1.88. The maximum atomic E-state index is 8.00. The van der Waals surface area contributed by atoms with Crippen molar-refractivity contribution in [2.45, 2.75) is 26.7 Å². The van der Waals surface area contributed by atoms with Crippen molar-refractivity contribution < 1.29 is 4.79 Å².